The minimum atomic E-state index is 0.743. The van der Waals surface area contributed by atoms with E-state index in [1.54, 1.807) is 0 Å². The van der Waals surface area contributed by atoms with Crippen LogP contribution in [0.2, 0.25) is 5.02 Å². The predicted octanol–water partition coefficient (Wildman–Crippen LogP) is 3.87. The van der Waals surface area contributed by atoms with Crippen molar-refractivity contribution in [2.24, 2.45) is 11.8 Å². The molecule has 1 aliphatic carbocycles. The van der Waals surface area contributed by atoms with E-state index < -0.39 is 0 Å². The Morgan fingerprint density at radius 3 is 3.00 bits per heavy atom. The number of allylic oxidation sites excluding steroid dienone is 2. The lowest BCUT2D eigenvalue weighted by molar-refractivity contribution is 0.170. The molecule has 2 aliphatic rings. The number of halogens is 1. The van der Waals surface area contributed by atoms with Gasteiger partial charge in [0.15, 0.2) is 0 Å². The van der Waals surface area contributed by atoms with Crippen LogP contribution in [-0.2, 0) is 6.42 Å². The van der Waals surface area contributed by atoms with Gasteiger partial charge in [-0.05, 0) is 74.0 Å². The Bertz CT molecular complexity index is 492. The first kappa shape index (κ1) is 12.3. The standard InChI is InChI=1S/C16H20ClN/c1-11-7-12-5-6-18(2)10-14(12)8-13-3-4-15(17)9-16(11)13/h3-4,7,9,12,14H,5-6,8,10H2,1-2H3/t12-,14+/m0/s1. The van der Waals surface area contributed by atoms with Gasteiger partial charge in [0.05, 0.1) is 0 Å². The van der Waals surface area contributed by atoms with Crippen LogP contribution in [0.1, 0.15) is 24.5 Å². The van der Waals surface area contributed by atoms with E-state index >= 15 is 0 Å². The highest BCUT2D eigenvalue weighted by molar-refractivity contribution is 6.30. The molecule has 0 aromatic heterocycles. The lowest BCUT2D eigenvalue weighted by atomic mass is 9.83. The van der Waals surface area contributed by atoms with Crippen molar-refractivity contribution in [2.45, 2.75) is 19.8 Å². The molecule has 1 saturated heterocycles. The van der Waals surface area contributed by atoms with Gasteiger partial charge in [-0.3, -0.25) is 0 Å². The third kappa shape index (κ3) is 2.22. The maximum atomic E-state index is 6.14. The summed E-state index contributed by atoms with van der Waals surface area (Å²) >= 11 is 6.14. The molecule has 0 unspecified atom stereocenters. The maximum Gasteiger partial charge on any atom is 0.0412 e. The van der Waals surface area contributed by atoms with Gasteiger partial charge in [-0.15, -0.1) is 0 Å². The third-order valence-corrected chi connectivity index (χ3v) is 4.67. The van der Waals surface area contributed by atoms with Crippen LogP contribution in [-0.4, -0.2) is 25.0 Å². The minimum Gasteiger partial charge on any atom is -0.306 e. The van der Waals surface area contributed by atoms with Crippen molar-refractivity contribution in [3.05, 3.63) is 40.4 Å². The van der Waals surface area contributed by atoms with E-state index in [0.717, 1.165) is 16.9 Å². The molecule has 1 aliphatic heterocycles. The molecule has 0 saturated carbocycles. The van der Waals surface area contributed by atoms with Gasteiger partial charge in [0.2, 0.25) is 0 Å². The first-order valence-electron chi connectivity index (χ1n) is 6.79. The quantitative estimate of drug-likeness (QED) is 0.685. The second kappa shape index (κ2) is 4.71. The first-order valence-corrected chi connectivity index (χ1v) is 7.17. The fourth-order valence-electron chi connectivity index (χ4n) is 3.45. The number of rotatable bonds is 0. The zero-order chi connectivity index (χ0) is 12.7. The van der Waals surface area contributed by atoms with Crippen LogP contribution >= 0.6 is 11.6 Å². The van der Waals surface area contributed by atoms with E-state index in [1.165, 1.54) is 42.6 Å². The summed E-state index contributed by atoms with van der Waals surface area (Å²) in [6.45, 7) is 4.68. The summed E-state index contributed by atoms with van der Waals surface area (Å²) in [7, 11) is 2.24. The Morgan fingerprint density at radius 2 is 2.17 bits per heavy atom. The summed E-state index contributed by atoms with van der Waals surface area (Å²) in [5.41, 5.74) is 4.24. The maximum absolute atomic E-state index is 6.14. The second-order valence-corrected chi connectivity index (χ2v) is 6.27. The molecule has 2 atom stereocenters. The number of nitrogens with zero attached hydrogens (tertiary/aromatic N) is 1. The number of hydrogen-bond acceptors (Lipinski definition) is 1. The number of piperidine rings is 1. The predicted molar refractivity (Wildman–Crippen MR) is 77.9 cm³/mol. The third-order valence-electron chi connectivity index (χ3n) is 4.44. The van der Waals surface area contributed by atoms with E-state index in [4.69, 9.17) is 11.6 Å². The van der Waals surface area contributed by atoms with Crippen molar-refractivity contribution in [2.75, 3.05) is 20.1 Å². The molecule has 0 amide bonds. The Balaban J connectivity index is 2.01. The van der Waals surface area contributed by atoms with Crippen LogP contribution in [0.5, 0.6) is 0 Å². The molecule has 0 spiro atoms. The molecule has 1 fully saturated rings. The monoisotopic (exact) mass is 261 g/mol. The molecule has 1 heterocycles. The smallest absolute Gasteiger partial charge is 0.0412 e. The van der Waals surface area contributed by atoms with Gasteiger partial charge in [-0.25, -0.2) is 0 Å². The minimum absolute atomic E-state index is 0.743. The number of fused-ring (bicyclic) bond motifs is 2. The van der Waals surface area contributed by atoms with Crippen LogP contribution in [0.4, 0.5) is 0 Å². The van der Waals surface area contributed by atoms with Gasteiger partial charge in [-0.1, -0.05) is 23.7 Å². The van der Waals surface area contributed by atoms with Gasteiger partial charge < -0.3 is 4.90 Å². The zero-order valence-corrected chi connectivity index (χ0v) is 11.9. The van der Waals surface area contributed by atoms with Crippen LogP contribution in [0.25, 0.3) is 5.57 Å². The molecule has 2 heteroatoms. The van der Waals surface area contributed by atoms with E-state index in [-0.39, 0.29) is 0 Å². The zero-order valence-electron chi connectivity index (χ0n) is 11.1. The molecule has 3 rings (SSSR count). The fraction of sp³-hybridized carbons (Fsp3) is 0.500. The van der Waals surface area contributed by atoms with Gasteiger partial charge in [0.1, 0.15) is 0 Å². The van der Waals surface area contributed by atoms with Gasteiger partial charge in [0, 0.05) is 11.6 Å². The van der Waals surface area contributed by atoms with E-state index in [9.17, 15) is 0 Å². The van der Waals surface area contributed by atoms with E-state index in [0.29, 0.717) is 0 Å². The summed E-state index contributed by atoms with van der Waals surface area (Å²) in [5, 5.41) is 0.850. The van der Waals surface area contributed by atoms with Gasteiger partial charge in [0.25, 0.3) is 0 Å². The number of likely N-dealkylation sites (tertiary alicyclic amines) is 1. The lowest BCUT2D eigenvalue weighted by Gasteiger charge is -2.35. The molecule has 0 bridgehead atoms. The second-order valence-electron chi connectivity index (χ2n) is 5.83. The average Bonchev–Trinajstić information content (AvgIpc) is 2.46. The summed E-state index contributed by atoms with van der Waals surface area (Å²) in [4.78, 5) is 2.46. The summed E-state index contributed by atoms with van der Waals surface area (Å²) < 4.78 is 0. The molecule has 0 N–H and O–H groups in total. The Labute approximate surface area is 114 Å². The van der Waals surface area contributed by atoms with Crippen molar-refractivity contribution in [3.8, 4) is 0 Å². The van der Waals surface area contributed by atoms with Gasteiger partial charge in [-0.2, -0.15) is 0 Å². The molecule has 96 valence electrons. The summed E-state index contributed by atoms with van der Waals surface area (Å²) in [6.07, 6.45) is 4.97. The van der Waals surface area contributed by atoms with Crippen molar-refractivity contribution in [1.29, 1.82) is 0 Å². The molecule has 0 radical (unpaired) electrons. The largest absolute Gasteiger partial charge is 0.306 e. The number of hydrogen-bond donors (Lipinski definition) is 0. The van der Waals surface area contributed by atoms with E-state index in [1.807, 2.05) is 6.07 Å². The van der Waals surface area contributed by atoms with Crippen molar-refractivity contribution in [3.63, 3.8) is 0 Å². The topological polar surface area (TPSA) is 3.24 Å². The first-order chi connectivity index (χ1) is 8.63. The fourth-order valence-corrected chi connectivity index (χ4v) is 3.63. The average molecular weight is 262 g/mol. The molecule has 1 aromatic carbocycles. The SMILES string of the molecule is CC1=C[C@@H]2CCN(C)C[C@H]2Cc2ccc(Cl)cc21. The lowest BCUT2D eigenvalue weighted by Crippen LogP contribution is -2.38. The van der Waals surface area contributed by atoms with Gasteiger partial charge >= 0.3 is 0 Å². The Morgan fingerprint density at radius 1 is 1.33 bits per heavy atom. The van der Waals surface area contributed by atoms with Crippen LogP contribution in [0.3, 0.4) is 0 Å². The molecular formula is C16H20ClN. The summed E-state index contributed by atoms with van der Waals surface area (Å²) in [6, 6.07) is 6.37. The van der Waals surface area contributed by atoms with Crippen molar-refractivity contribution in [1.82, 2.24) is 4.90 Å². The Kier molecular flexibility index (Phi) is 3.21. The highest BCUT2D eigenvalue weighted by Crippen LogP contribution is 2.36. The Hall–Kier alpha value is -0.790. The molecular weight excluding hydrogens is 242 g/mol. The number of benzene rings is 1. The van der Waals surface area contributed by atoms with Crippen molar-refractivity contribution < 1.29 is 0 Å². The summed E-state index contributed by atoms with van der Waals surface area (Å²) in [5.74, 6) is 1.51. The van der Waals surface area contributed by atoms with Crippen LogP contribution in [0, 0.1) is 11.8 Å². The van der Waals surface area contributed by atoms with Crippen molar-refractivity contribution >= 4 is 17.2 Å². The highest BCUT2D eigenvalue weighted by Gasteiger charge is 2.29. The molecule has 1 nitrogen and oxygen atoms in total. The highest BCUT2D eigenvalue weighted by atomic mass is 35.5. The van der Waals surface area contributed by atoms with Crippen LogP contribution in [0.15, 0.2) is 24.3 Å². The van der Waals surface area contributed by atoms with Crippen LogP contribution < -0.4 is 0 Å². The molecule has 18 heavy (non-hydrogen) atoms. The molecule has 1 aromatic rings. The van der Waals surface area contributed by atoms with E-state index in [2.05, 4.69) is 37.1 Å². The normalized spacial score (nSPS) is 28.1.